The minimum absolute atomic E-state index is 0.636. The quantitative estimate of drug-likeness (QED) is 0.751. The van der Waals surface area contributed by atoms with Crippen molar-refractivity contribution >= 4 is 23.2 Å². The molecule has 1 fully saturated rings. The largest absolute Gasteiger partial charge is 0.314 e. The molecular formula is C16H23Cl2N. The van der Waals surface area contributed by atoms with Gasteiger partial charge in [-0.05, 0) is 55.7 Å². The van der Waals surface area contributed by atoms with Crippen LogP contribution in [0.15, 0.2) is 18.2 Å². The number of rotatable bonds is 7. The van der Waals surface area contributed by atoms with E-state index in [1.165, 1.54) is 24.8 Å². The van der Waals surface area contributed by atoms with Crippen LogP contribution in [-0.2, 0) is 6.42 Å². The van der Waals surface area contributed by atoms with Crippen LogP contribution in [0, 0.1) is 11.8 Å². The Morgan fingerprint density at radius 2 is 2.00 bits per heavy atom. The molecule has 1 N–H and O–H groups in total. The highest BCUT2D eigenvalue weighted by atomic mass is 35.5. The van der Waals surface area contributed by atoms with E-state index in [2.05, 4.69) is 25.2 Å². The molecule has 0 bridgehead atoms. The molecule has 106 valence electrons. The number of benzene rings is 1. The maximum atomic E-state index is 6.30. The third-order valence-electron chi connectivity index (χ3n) is 3.62. The molecule has 1 aromatic rings. The average molecular weight is 300 g/mol. The first kappa shape index (κ1) is 15.2. The van der Waals surface area contributed by atoms with Crippen LogP contribution in [0.3, 0.4) is 0 Å². The molecule has 0 radical (unpaired) electrons. The first-order valence-corrected chi connectivity index (χ1v) is 7.98. The third kappa shape index (κ3) is 4.98. The van der Waals surface area contributed by atoms with Crippen molar-refractivity contribution in [3.8, 4) is 0 Å². The fourth-order valence-corrected chi connectivity index (χ4v) is 2.94. The predicted molar refractivity (Wildman–Crippen MR) is 84.1 cm³/mol. The Balaban J connectivity index is 1.98. The van der Waals surface area contributed by atoms with E-state index >= 15 is 0 Å². The lowest BCUT2D eigenvalue weighted by Gasteiger charge is -2.20. The molecule has 1 aromatic carbocycles. The van der Waals surface area contributed by atoms with E-state index in [0.717, 1.165) is 24.0 Å². The molecule has 0 heterocycles. The zero-order valence-electron chi connectivity index (χ0n) is 11.8. The molecule has 1 nitrogen and oxygen atoms in total. The van der Waals surface area contributed by atoms with Gasteiger partial charge in [0.15, 0.2) is 0 Å². The Morgan fingerprint density at radius 1 is 1.26 bits per heavy atom. The summed E-state index contributed by atoms with van der Waals surface area (Å²) in [6.07, 6.45) is 4.92. The lowest BCUT2D eigenvalue weighted by atomic mass is 9.91. The SMILES string of the molecule is CC(C)CC(CNC1CC1)Cc1cccc(Cl)c1Cl. The zero-order valence-corrected chi connectivity index (χ0v) is 13.3. The number of hydrogen-bond acceptors (Lipinski definition) is 1. The van der Waals surface area contributed by atoms with Crippen LogP contribution < -0.4 is 5.32 Å². The van der Waals surface area contributed by atoms with E-state index in [0.29, 0.717) is 16.9 Å². The summed E-state index contributed by atoms with van der Waals surface area (Å²) >= 11 is 12.4. The summed E-state index contributed by atoms with van der Waals surface area (Å²) in [7, 11) is 0. The van der Waals surface area contributed by atoms with Gasteiger partial charge in [-0.1, -0.05) is 49.2 Å². The fourth-order valence-electron chi connectivity index (χ4n) is 2.54. The number of hydrogen-bond donors (Lipinski definition) is 1. The topological polar surface area (TPSA) is 12.0 Å². The molecular weight excluding hydrogens is 277 g/mol. The summed E-state index contributed by atoms with van der Waals surface area (Å²) in [6.45, 7) is 5.65. The first-order valence-electron chi connectivity index (χ1n) is 7.22. The lowest BCUT2D eigenvalue weighted by molar-refractivity contribution is 0.384. The highest BCUT2D eigenvalue weighted by Gasteiger charge is 2.22. The minimum atomic E-state index is 0.636. The average Bonchev–Trinajstić information content (AvgIpc) is 3.15. The van der Waals surface area contributed by atoms with E-state index in [4.69, 9.17) is 23.2 Å². The molecule has 1 aliphatic rings. The van der Waals surface area contributed by atoms with Crippen molar-refractivity contribution < 1.29 is 0 Å². The molecule has 1 aliphatic carbocycles. The molecule has 3 heteroatoms. The van der Waals surface area contributed by atoms with Crippen LogP contribution in [-0.4, -0.2) is 12.6 Å². The van der Waals surface area contributed by atoms with Gasteiger partial charge in [-0.15, -0.1) is 0 Å². The van der Waals surface area contributed by atoms with Gasteiger partial charge in [0.25, 0.3) is 0 Å². The van der Waals surface area contributed by atoms with Crippen LogP contribution in [0.1, 0.15) is 38.7 Å². The van der Waals surface area contributed by atoms with Crippen molar-refractivity contribution in [2.75, 3.05) is 6.54 Å². The lowest BCUT2D eigenvalue weighted by Crippen LogP contribution is -2.27. The molecule has 0 aliphatic heterocycles. The summed E-state index contributed by atoms with van der Waals surface area (Å²) in [5.74, 6) is 1.35. The monoisotopic (exact) mass is 299 g/mol. The molecule has 1 atom stereocenters. The van der Waals surface area contributed by atoms with Gasteiger partial charge < -0.3 is 5.32 Å². The second-order valence-corrected chi connectivity index (χ2v) is 6.88. The second kappa shape index (κ2) is 6.97. The summed E-state index contributed by atoms with van der Waals surface area (Å²) in [6, 6.07) is 6.71. The van der Waals surface area contributed by atoms with Gasteiger partial charge in [0.05, 0.1) is 10.0 Å². The van der Waals surface area contributed by atoms with Crippen molar-refractivity contribution in [2.24, 2.45) is 11.8 Å². The Hall–Kier alpha value is -0.240. The molecule has 0 amide bonds. The van der Waals surface area contributed by atoms with Crippen molar-refractivity contribution in [1.29, 1.82) is 0 Å². The van der Waals surface area contributed by atoms with Gasteiger partial charge in [-0.3, -0.25) is 0 Å². The van der Waals surface area contributed by atoms with E-state index in [9.17, 15) is 0 Å². The van der Waals surface area contributed by atoms with Gasteiger partial charge >= 0.3 is 0 Å². The van der Waals surface area contributed by atoms with Crippen LogP contribution in [0.25, 0.3) is 0 Å². The van der Waals surface area contributed by atoms with Crippen molar-refractivity contribution in [3.63, 3.8) is 0 Å². The van der Waals surface area contributed by atoms with E-state index < -0.39 is 0 Å². The number of halogens is 2. The van der Waals surface area contributed by atoms with E-state index in [1.54, 1.807) is 0 Å². The van der Waals surface area contributed by atoms with Gasteiger partial charge in [0.2, 0.25) is 0 Å². The van der Waals surface area contributed by atoms with Crippen LogP contribution in [0.4, 0.5) is 0 Å². The molecule has 1 unspecified atom stereocenters. The normalized spacial score (nSPS) is 16.9. The Bertz CT molecular complexity index is 413. The molecule has 2 rings (SSSR count). The first-order chi connectivity index (χ1) is 9.06. The zero-order chi connectivity index (χ0) is 13.8. The highest BCUT2D eigenvalue weighted by Crippen LogP contribution is 2.29. The van der Waals surface area contributed by atoms with Crippen LogP contribution in [0.2, 0.25) is 10.0 Å². The minimum Gasteiger partial charge on any atom is -0.314 e. The molecule has 0 spiro atoms. The van der Waals surface area contributed by atoms with Crippen LogP contribution in [0.5, 0.6) is 0 Å². The Labute approximate surface area is 126 Å². The highest BCUT2D eigenvalue weighted by molar-refractivity contribution is 6.42. The molecule has 1 saturated carbocycles. The smallest absolute Gasteiger partial charge is 0.0624 e. The third-order valence-corrected chi connectivity index (χ3v) is 4.48. The molecule has 19 heavy (non-hydrogen) atoms. The maximum Gasteiger partial charge on any atom is 0.0624 e. The molecule has 0 aromatic heterocycles. The van der Waals surface area contributed by atoms with Crippen molar-refractivity contribution in [1.82, 2.24) is 5.32 Å². The summed E-state index contributed by atoms with van der Waals surface area (Å²) in [5, 5.41) is 5.03. The fraction of sp³-hybridized carbons (Fsp3) is 0.625. The van der Waals surface area contributed by atoms with Gasteiger partial charge in [-0.2, -0.15) is 0 Å². The van der Waals surface area contributed by atoms with Crippen molar-refractivity contribution in [3.05, 3.63) is 33.8 Å². The van der Waals surface area contributed by atoms with Gasteiger partial charge in [0, 0.05) is 6.04 Å². The molecule has 0 saturated heterocycles. The summed E-state index contributed by atoms with van der Waals surface area (Å²) in [4.78, 5) is 0. The van der Waals surface area contributed by atoms with E-state index in [1.807, 2.05) is 12.1 Å². The Morgan fingerprint density at radius 3 is 2.63 bits per heavy atom. The maximum absolute atomic E-state index is 6.30. The second-order valence-electron chi connectivity index (χ2n) is 6.10. The number of nitrogens with one attached hydrogen (secondary N) is 1. The summed E-state index contributed by atoms with van der Waals surface area (Å²) in [5.41, 5.74) is 1.18. The van der Waals surface area contributed by atoms with E-state index in [-0.39, 0.29) is 0 Å². The predicted octanol–water partition coefficient (Wildman–Crippen LogP) is 4.95. The van der Waals surface area contributed by atoms with Gasteiger partial charge in [0.1, 0.15) is 0 Å². The van der Waals surface area contributed by atoms with Crippen LogP contribution >= 0.6 is 23.2 Å². The van der Waals surface area contributed by atoms with Crippen molar-refractivity contribution in [2.45, 2.75) is 45.6 Å². The standard InChI is InChI=1S/C16H23Cl2N/c1-11(2)8-12(10-19-14-6-7-14)9-13-4-3-5-15(17)16(13)18/h3-5,11-12,14,19H,6-10H2,1-2H3. The van der Waals surface area contributed by atoms with Gasteiger partial charge in [-0.25, -0.2) is 0 Å². The Kier molecular flexibility index (Phi) is 5.56. The summed E-state index contributed by atoms with van der Waals surface area (Å²) < 4.78 is 0.